The Kier molecular flexibility index (Phi) is 3.81. The smallest absolute Gasteiger partial charge is 0.231 e. The van der Waals surface area contributed by atoms with Crippen LogP contribution in [0.1, 0.15) is 30.9 Å². The summed E-state index contributed by atoms with van der Waals surface area (Å²) in [6, 6.07) is 4.77. The van der Waals surface area contributed by atoms with E-state index in [4.69, 9.17) is 9.47 Å². The van der Waals surface area contributed by atoms with Gasteiger partial charge in [0.05, 0.1) is 0 Å². The average molecular weight is 353 g/mol. The second kappa shape index (κ2) is 5.78. The van der Waals surface area contributed by atoms with Gasteiger partial charge in [-0.3, -0.25) is 4.90 Å². The van der Waals surface area contributed by atoms with Crippen LogP contribution in [0.3, 0.4) is 0 Å². The van der Waals surface area contributed by atoms with Gasteiger partial charge in [-0.05, 0) is 36.5 Å². The summed E-state index contributed by atoms with van der Waals surface area (Å²) in [5.41, 5.74) is 1.37. The molecule has 1 aromatic rings. The molecule has 3 aliphatic rings. The van der Waals surface area contributed by atoms with Crippen LogP contribution in [-0.4, -0.2) is 37.9 Å². The van der Waals surface area contributed by atoms with E-state index in [1.807, 2.05) is 0 Å². The van der Waals surface area contributed by atoms with Crippen molar-refractivity contribution in [3.05, 3.63) is 22.2 Å². The second-order valence-electron chi connectivity index (χ2n) is 6.15. The van der Waals surface area contributed by atoms with E-state index < -0.39 is 0 Å². The van der Waals surface area contributed by atoms with Gasteiger partial charge in [0.25, 0.3) is 0 Å². The fraction of sp³-hybridized carbons (Fsp3) is 0.625. The maximum Gasteiger partial charge on any atom is 0.231 e. The quantitative estimate of drug-likeness (QED) is 0.906. The molecule has 114 valence electrons. The van der Waals surface area contributed by atoms with Crippen molar-refractivity contribution in [1.29, 1.82) is 0 Å². The molecule has 0 unspecified atom stereocenters. The number of hydrogen-bond donors (Lipinski definition) is 1. The standard InChI is InChI=1S/C16H21BrN2O2/c17-13-9-15-14(20-10-21-15)8-12(13)16(11-2-1-3-11)19-6-4-18-5-7-19/h8-9,11,16,18H,1-7,10H2/t16-/m0/s1. The van der Waals surface area contributed by atoms with Crippen LogP contribution in [0.25, 0.3) is 0 Å². The predicted octanol–water partition coefficient (Wildman–Crippen LogP) is 2.92. The van der Waals surface area contributed by atoms with E-state index in [1.54, 1.807) is 0 Å². The molecule has 1 N–H and O–H groups in total. The lowest BCUT2D eigenvalue weighted by Crippen LogP contribution is -2.47. The Bertz CT molecular complexity index is 527. The molecule has 1 aliphatic carbocycles. The Labute approximate surface area is 133 Å². The van der Waals surface area contributed by atoms with E-state index in [0.29, 0.717) is 12.8 Å². The zero-order valence-corrected chi connectivity index (χ0v) is 13.7. The summed E-state index contributed by atoms with van der Waals surface area (Å²) >= 11 is 3.76. The molecule has 1 aromatic carbocycles. The number of ether oxygens (including phenoxy) is 2. The van der Waals surface area contributed by atoms with Gasteiger partial charge in [-0.15, -0.1) is 0 Å². The third-order valence-corrected chi connectivity index (χ3v) is 5.64. The average Bonchev–Trinajstić information content (AvgIpc) is 2.90. The van der Waals surface area contributed by atoms with Gasteiger partial charge < -0.3 is 14.8 Å². The molecule has 2 fully saturated rings. The normalized spacial score (nSPS) is 23.9. The lowest BCUT2D eigenvalue weighted by Gasteiger charge is -2.43. The van der Waals surface area contributed by atoms with Gasteiger partial charge in [0.2, 0.25) is 6.79 Å². The summed E-state index contributed by atoms with van der Waals surface area (Å²) in [5.74, 6) is 2.53. The number of halogens is 1. The van der Waals surface area contributed by atoms with E-state index in [9.17, 15) is 0 Å². The molecule has 4 rings (SSSR count). The second-order valence-corrected chi connectivity index (χ2v) is 7.00. The molecule has 5 heteroatoms. The molecule has 2 aliphatic heterocycles. The lowest BCUT2D eigenvalue weighted by molar-refractivity contribution is 0.0831. The molecule has 0 amide bonds. The molecule has 21 heavy (non-hydrogen) atoms. The highest BCUT2D eigenvalue weighted by Crippen LogP contribution is 2.47. The largest absolute Gasteiger partial charge is 0.454 e. The molecule has 2 heterocycles. The third kappa shape index (κ3) is 2.56. The van der Waals surface area contributed by atoms with Crippen LogP contribution >= 0.6 is 15.9 Å². The highest BCUT2D eigenvalue weighted by atomic mass is 79.9. The Hall–Kier alpha value is -0.780. The molecule has 1 saturated heterocycles. The van der Waals surface area contributed by atoms with Crippen LogP contribution in [0.15, 0.2) is 16.6 Å². The summed E-state index contributed by atoms with van der Waals surface area (Å²) in [4.78, 5) is 2.64. The van der Waals surface area contributed by atoms with Crippen molar-refractivity contribution < 1.29 is 9.47 Å². The van der Waals surface area contributed by atoms with Crippen LogP contribution in [0.4, 0.5) is 0 Å². The van der Waals surface area contributed by atoms with Crippen molar-refractivity contribution in [2.75, 3.05) is 33.0 Å². The number of benzene rings is 1. The van der Waals surface area contributed by atoms with Crippen molar-refractivity contribution in [3.63, 3.8) is 0 Å². The number of rotatable bonds is 3. The van der Waals surface area contributed by atoms with Gasteiger partial charge in [-0.2, -0.15) is 0 Å². The van der Waals surface area contributed by atoms with Crippen LogP contribution < -0.4 is 14.8 Å². The Morgan fingerprint density at radius 3 is 2.52 bits per heavy atom. The fourth-order valence-corrected chi connectivity index (χ4v) is 4.18. The van der Waals surface area contributed by atoms with Crippen LogP contribution in [0.5, 0.6) is 11.5 Å². The summed E-state index contributed by atoms with van der Waals surface area (Å²) in [5, 5.41) is 3.45. The molecule has 0 spiro atoms. The first-order valence-corrected chi connectivity index (χ1v) is 8.66. The molecular formula is C16H21BrN2O2. The molecule has 4 nitrogen and oxygen atoms in total. The minimum absolute atomic E-state index is 0.340. The Morgan fingerprint density at radius 1 is 1.14 bits per heavy atom. The van der Waals surface area contributed by atoms with Crippen LogP contribution in [0, 0.1) is 5.92 Å². The minimum atomic E-state index is 0.340. The van der Waals surface area contributed by atoms with Crippen molar-refractivity contribution in [1.82, 2.24) is 10.2 Å². The first-order valence-electron chi connectivity index (χ1n) is 7.87. The SMILES string of the molecule is Brc1cc2c(cc1[C@H](C1CCC1)N1CCNCC1)OCO2. The van der Waals surface area contributed by atoms with Gasteiger partial charge >= 0.3 is 0 Å². The predicted molar refractivity (Wildman–Crippen MR) is 84.8 cm³/mol. The van der Waals surface area contributed by atoms with Crippen LogP contribution in [-0.2, 0) is 0 Å². The summed E-state index contributed by atoms with van der Waals surface area (Å²) < 4.78 is 12.2. The van der Waals surface area contributed by atoms with Gasteiger partial charge in [-0.1, -0.05) is 22.4 Å². The van der Waals surface area contributed by atoms with Crippen molar-refractivity contribution in [3.8, 4) is 11.5 Å². The van der Waals surface area contributed by atoms with Gasteiger partial charge in [0, 0.05) is 36.7 Å². The zero-order chi connectivity index (χ0) is 14.2. The monoisotopic (exact) mass is 352 g/mol. The van der Waals surface area contributed by atoms with E-state index in [0.717, 1.165) is 48.1 Å². The zero-order valence-electron chi connectivity index (χ0n) is 12.1. The summed E-state index contributed by atoms with van der Waals surface area (Å²) in [6.45, 7) is 4.77. The molecule has 0 aromatic heterocycles. The fourth-order valence-electron chi connectivity index (χ4n) is 3.62. The first-order chi connectivity index (χ1) is 10.3. The molecular weight excluding hydrogens is 332 g/mol. The number of piperazine rings is 1. The van der Waals surface area contributed by atoms with Crippen LogP contribution in [0.2, 0.25) is 0 Å². The van der Waals surface area contributed by atoms with E-state index in [2.05, 4.69) is 38.3 Å². The van der Waals surface area contributed by atoms with E-state index in [1.165, 1.54) is 24.8 Å². The lowest BCUT2D eigenvalue weighted by atomic mass is 9.76. The molecule has 1 atom stereocenters. The maximum atomic E-state index is 5.59. The third-order valence-electron chi connectivity index (χ3n) is 4.95. The van der Waals surface area contributed by atoms with Gasteiger partial charge in [-0.25, -0.2) is 0 Å². The molecule has 0 bridgehead atoms. The number of fused-ring (bicyclic) bond motifs is 1. The highest BCUT2D eigenvalue weighted by Gasteiger charge is 2.35. The Morgan fingerprint density at radius 2 is 1.86 bits per heavy atom. The highest BCUT2D eigenvalue weighted by molar-refractivity contribution is 9.10. The number of nitrogens with zero attached hydrogens (tertiary/aromatic N) is 1. The van der Waals surface area contributed by atoms with Gasteiger partial charge in [0.15, 0.2) is 11.5 Å². The number of hydrogen-bond acceptors (Lipinski definition) is 4. The van der Waals surface area contributed by atoms with E-state index in [-0.39, 0.29) is 0 Å². The Balaban J connectivity index is 1.69. The topological polar surface area (TPSA) is 33.7 Å². The van der Waals surface area contributed by atoms with Crippen molar-refractivity contribution in [2.24, 2.45) is 5.92 Å². The minimum Gasteiger partial charge on any atom is -0.454 e. The maximum absolute atomic E-state index is 5.59. The summed E-state index contributed by atoms with van der Waals surface area (Å²) in [7, 11) is 0. The first kappa shape index (κ1) is 13.9. The van der Waals surface area contributed by atoms with Crippen molar-refractivity contribution >= 4 is 15.9 Å². The van der Waals surface area contributed by atoms with Crippen molar-refractivity contribution in [2.45, 2.75) is 25.3 Å². The molecule has 0 radical (unpaired) electrons. The molecule has 1 saturated carbocycles. The number of nitrogens with one attached hydrogen (secondary N) is 1. The van der Waals surface area contributed by atoms with Gasteiger partial charge in [0.1, 0.15) is 0 Å². The summed E-state index contributed by atoms with van der Waals surface area (Å²) in [6.07, 6.45) is 4.06. The van der Waals surface area contributed by atoms with E-state index >= 15 is 0 Å².